The van der Waals surface area contributed by atoms with Crippen LogP contribution in [-0.2, 0) is 0 Å². The summed E-state index contributed by atoms with van der Waals surface area (Å²) in [5, 5.41) is 3.16. The van der Waals surface area contributed by atoms with E-state index in [0.717, 1.165) is 32.5 Å². The number of rotatable bonds is 4. The molecule has 0 aliphatic carbocycles. The van der Waals surface area contributed by atoms with Crippen molar-refractivity contribution in [2.75, 3.05) is 25.0 Å². The molecule has 1 aromatic heterocycles. The first-order valence-electron chi connectivity index (χ1n) is 7.24. The molecule has 19 heavy (non-hydrogen) atoms. The van der Waals surface area contributed by atoms with Gasteiger partial charge in [-0.1, -0.05) is 13.3 Å². The number of amides is 1. The van der Waals surface area contributed by atoms with E-state index < -0.39 is 0 Å². The second-order valence-corrected chi connectivity index (χ2v) is 5.10. The first-order valence-corrected chi connectivity index (χ1v) is 7.24. The van der Waals surface area contributed by atoms with Crippen molar-refractivity contribution in [3.63, 3.8) is 0 Å². The summed E-state index contributed by atoms with van der Waals surface area (Å²) in [6.07, 6.45) is 5.23. The Morgan fingerprint density at radius 1 is 1.53 bits per heavy atom. The minimum atomic E-state index is 0.113. The molecule has 1 unspecified atom stereocenters. The highest BCUT2D eigenvalue weighted by molar-refractivity contribution is 5.98. The lowest BCUT2D eigenvalue weighted by Crippen LogP contribution is -2.40. The largest absolute Gasteiger partial charge is 0.370 e. The van der Waals surface area contributed by atoms with E-state index in [9.17, 15) is 4.79 Å². The Morgan fingerprint density at radius 2 is 2.37 bits per heavy atom. The molecule has 1 aromatic rings. The first-order chi connectivity index (χ1) is 9.26. The van der Waals surface area contributed by atoms with Gasteiger partial charge in [0.25, 0.3) is 5.91 Å². The molecule has 0 spiro atoms. The standard InChI is InChI=1S/C15H23N3O/c1-3-12-7-6-10-18(11-12)15(19)13-8-5-9-17-14(13)16-4-2/h5,8-9,12H,3-4,6-7,10-11H2,1-2H3,(H,16,17). The average molecular weight is 261 g/mol. The number of likely N-dealkylation sites (tertiary alicyclic amines) is 1. The minimum absolute atomic E-state index is 0.113. The fraction of sp³-hybridized carbons (Fsp3) is 0.600. The predicted octanol–water partition coefficient (Wildman–Crippen LogP) is 2.78. The van der Waals surface area contributed by atoms with Crippen LogP contribution >= 0.6 is 0 Å². The van der Waals surface area contributed by atoms with Gasteiger partial charge in [-0.25, -0.2) is 4.98 Å². The maximum absolute atomic E-state index is 12.6. The Hall–Kier alpha value is -1.58. The van der Waals surface area contributed by atoms with E-state index in [0.29, 0.717) is 17.3 Å². The van der Waals surface area contributed by atoms with Crippen molar-refractivity contribution in [1.82, 2.24) is 9.88 Å². The van der Waals surface area contributed by atoms with Gasteiger partial charge < -0.3 is 10.2 Å². The SMILES string of the molecule is CCNc1ncccc1C(=O)N1CCCC(CC)C1. The van der Waals surface area contributed by atoms with Crippen LogP contribution in [0.2, 0.25) is 0 Å². The highest BCUT2D eigenvalue weighted by atomic mass is 16.2. The van der Waals surface area contributed by atoms with Gasteiger partial charge in [0.05, 0.1) is 5.56 Å². The van der Waals surface area contributed by atoms with Gasteiger partial charge in [0.1, 0.15) is 5.82 Å². The van der Waals surface area contributed by atoms with Gasteiger partial charge in [-0.3, -0.25) is 4.79 Å². The lowest BCUT2D eigenvalue weighted by atomic mass is 9.95. The van der Waals surface area contributed by atoms with E-state index in [1.807, 2.05) is 24.0 Å². The van der Waals surface area contributed by atoms with Crippen molar-refractivity contribution < 1.29 is 4.79 Å². The highest BCUT2D eigenvalue weighted by Gasteiger charge is 2.25. The Bertz CT molecular complexity index is 433. The van der Waals surface area contributed by atoms with Gasteiger partial charge in [0, 0.05) is 25.8 Å². The number of anilines is 1. The summed E-state index contributed by atoms with van der Waals surface area (Å²) >= 11 is 0. The van der Waals surface area contributed by atoms with Crippen LogP contribution in [0.25, 0.3) is 0 Å². The van der Waals surface area contributed by atoms with E-state index in [-0.39, 0.29) is 5.91 Å². The fourth-order valence-electron chi connectivity index (χ4n) is 2.64. The van der Waals surface area contributed by atoms with Crippen LogP contribution in [0.4, 0.5) is 5.82 Å². The number of nitrogens with zero attached hydrogens (tertiary/aromatic N) is 2. The van der Waals surface area contributed by atoms with Crippen molar-refractivity contribution >= 4 is 11.7 Å². The third-order valence-corrected chi connectivity index (χ3v) is 3.77. The van der Waals surface area contributed by atoms with Gasteiger partial charge in [-0.2, -0.15) is 0 Å². The van der Waals surface area contributed by atoms with Gasteiger partial charge in [-0.15, -0.1) is 0 Å². The molecule has 1 saturated heterocycles. The Balaban J connectivity index is 2.14. The molecule has 1 amide bonds. The Morgan fingerprint density at radius 3 is 3.11 bits per heavy atom. The molecule has 0 saturated carbocycles. The molecule has 1 aliphatic rings. The maximum atomic E-state index is 12.6. The molecule has 1 atom stereocenters. The molecule has 0 bridgehead atoms. The van der Waals surface area contributed by atoms with E-state index >= 15 is 0 Å². The minimum Gasteiger partial charge on any atom is -0.370 e. The van der Waals surface area contributed by atoms with Crippen LogP contribution in [-0.4, -0.2) is 35.4 Å². The fourth-order valence-corrected chi connectivity index (χ4v) is 2.64. The molecule has 2 rings (SSSR count). The molecule has 0 radical (unpaired) electrons. The van der Waals surface area contributed by atoms with Crippen molar-refractivity contribution in [2.45, 2.75) is 33.1 Å². The topological polar surface area (TPSA) is 45.2 Å². The number of hydrogen-bond donors (Lipinski definition) is 1. The summed E-state index contributed by atoms with van der Waals surface area (Å²) in [5.41, 5.74) is 0.695. The van der Waals surface area contributed by atoms with Crippen LogP contribution in [0, 0.1) is 5.92 Å². The number of carbonyl (C=O) groups excluding carboxylic acids is 1. The summed E-state index contributed by atoms with van der Waals surface area (Å²) in [4.78, 5) is 18.8. The molecule has 2 heterocycles. The zero-order valence-corrected chi connectivity index (χ0v) is 11.9. The first kappa shape index (κ1) is 13.8. The normalized spacial score (nSPS) is 19.3. The zero-order valence-electron chi connectivity index (χ0n) is 11.9. The quantitative estimate of drug-likeness (QED) is 0.906. The highest BCUT2D eigenvalue weighted by Crippen LogP contribution is 2.22. The molecule has 104 valence electrons. The Kier molecular flexibility index (Phi) is 4.77. The molecule has 1 N–H and O–H groups in total. The molecular formula is C15H23N3O. The summed E-state index contributed by atoms with van der Waals surface area (Å²) in [6.45, 7) is 6.74. The number of hydrogen-bond acceptors (Lipinski definition) is 3. The zero-order chi connectivity index (χ0) is 13.7. The van der Waals surface area contributed by atoms with E-state index in [2.05, 4.69) is 17.2 Å². The maximum Gasteiger partial charge on any atom is 0.257 e. The van der Waals surface area contributed by atoms with Crippen LogP contribution in [0.1, 0.15) is 43.5 Å². The molecule has 1 fully saturated rings. The van der Waals surface area contributed by atoms with Crippen molar-refractivity contribution in [1.29, 1.82) is 0 Å². The number of aromatic nitrogens is 1. The van der Waals surface area contributed by atoms with Gasteiger partial charge >= 0.3 is 0 Å². The van der Waals surface area contributed by atoms with E-state index in [1.54, 1.807) is 6.20 Å². The third kappa shape index (κ3) is 3.25. The molecular weight excluding hydrogens is 238 g/mol. The second-order valence-electron chi connectivity index (χ2n) is 5.10. The van der Waals surface area contributed by atoms with Crippen molar-refractivity contribution in [3.8, 4) is 0 Å². The summed E-state index contributed by atoms with van der Waals surface area (Å²) < 4.78 is 0. The van der Waals surface area contributed by atoms with Gasteiger partial charge in [0.15, 0.2) is 0 Å². The van der Waals surface area contributed by atoms with Gasteiger partial charge in [0.2, 0.25) is 0 Å². The third-order valence-electron chi connectivity index (χ3n) is 3.77. The second kappa shape index (κ2) is 6.55. The summed E-state index contributed by atoms with van der Waals surface area (Å²) in [7, 11) is 0. The summed E-state index contributed by atoms with van der Waals surface area (Å²) in [5.74, 6) is 1.47. The van der Waals surface area contributed by atoms with E-state index in [4.69, 9.17) is 0 Å². The van der Waals surface area contributed by atoms with Crippen molar-refractivity contribution in [3.05, 3.63) is 23.9 Å². The van der Waals surface area contributed by atoms with Crippen molar-refractivity contribution in [2.24, 2.45) is 5.92 Å². The number of nitrogens with one attached hydrogen (secondary N) is 1. The van der Waals surface area contributed by atoms with Crippen LogP contribution in [0.3, 0.4) is 0 Å². The smallest absolute Gasteiger partial charge is 0.257 e. The summed E-state index contributed by atoms with van der Waals surface area (Å²) in [6, 6.07) is 3.69. The van der Waals surface area contributed by atoms with E-state index in [1.165, 1.54) is 6.42 Å². The molecule has 4 nitrogen and oxygen atoms in total. The average Bonchev–Trinajstić information content (AvgIpc) is 2.47. The van der Waals surface area contributed by atoms with Crippen LogP contribution in [0.15, 0.2) is 18.3 Å². The lowest BCUT2D eigenvalue weighted by Gasteiger charge is -2.32. The monoisotopic (exact) mass is 261 g/mol. The molecule has 1 aliphatic heterocycles. The number of carbonyl (C=O) groups is 1. The molecule has 0 aromatic carbocycles. The van der Waals surface area contributed by atoms with Crippen LogP contribution < -0.4 is 5.32 Å². The predicted molar refractivity (Wildman–Crippen MR) is 77.3 cm³/mol. The van der Waals surface area contributed by atoms with Gasteiger partial charge in [-0.05, 0) is 37.8 Å². The molecule has 4 heteroatoms. The number of pyridine rings is 1. The van der Waals surface area contributed by atoms with Crippen LogP contribution in [0.5, 0.6) is 0 Å². The number of piperidine rings is 1. The lowest BCUT2D eigenvalue weighted by molar-refractivity contribution is 0.0672. The Labute approximate surface area is 115 Å².